The number of rotatable bonds is 7. The Kier molecular flexibility index (Phi) is 5.56. The number of amides is 1. The second kappa shape index (κ2) is 7.44. The SMILES string of the molecule is Cc1ccc(C(C)(O)CNC(=O)Cc2cccc(OC(F)F)c2)o1. The Bertz CT molecular complexity index is 697. The number of nitrogens with one attached hydrogen (secondary N) is 1. The van der Waals surface area contributed by atoms with Crippen LogP contribution in [0.15, 0.2) is 40.8 Å². The summed E-state index contributed by atoms with van der Waals surface area (Å²) in [6.45, 7) is 0.335. The normalized spacial score (nSPS) is 13.6. The van der Waals surface area contributed by atoms with Crippen molar-refractivity contribution >= 4 is 5.91 Å². The van der Waals surface area contributed by atoms with E-state index in [1.807, 2.05) is 0 Å². The number of ether oxygens (including phenoxy) is 1. The molecule has 2 aromatic rings. The third-order valence-electron chi connectivity index (χ3n) is 3.39. The summed E-state index contributed by atoms with van der Waals surface area (Å²) in [6.07, 6.45) is -0.0201. The molecule has 1 amide bonds. The van der Waals surface area contributed by atoms with Gasteiger partial charge in [0.1, 0.15) is 22.9 Å². The Balaban J connectivity index is 1.91. The van der Waals surface area contributed by atoms with E-state index in [9.17, 15) is 18.7 Å². The van der Waals surface area contributed by atoms with Gasteiger partial charge < -0.3 is 19.6 Å². The van der Waals surface area contributed by atoms with Gasteiger partial charge in [0.05, 0.1) is 13.0 Å². The topological polar surface area (TPSA) is 71.7 Å². The third kappa shape index (κ3) is 5.06. The minimum absolute atomic E-state index is 0.00615. The molecule has 1 atom stereocenters. The zero-order chi connectivity index (χ0) is 17.7. The van der Waals surface area contributed by atoms with Gasteiger partial charge in [-0.05, 0) is 43.7 Å². The molecular weight excluding hydrogens is 320 g/mol. The largest absolute Gasteiger partial charge is 0.463 e. The monoisotopic (exact) mass is 339 g/mol. The summed E-state index contributed by atoms with van der Waals surface area (Å²) in [7, 11) is 0. The molecule has 0 aliphatic heterocycles. The van der Waals surface area contributed by atoms with E-state index in [1.54, 1.807) is 25.1 Å². The maximum Gasteiger partial charge on any atom is 0.387 e. The Morgan fingerprint density at radius 3 is 2.75 bits per heavy atom. The van der Waals surface area contributed by atoms with Crippen molar-refractivity contribution in [3.63, 3.8) is 0 Å². The van der Waals surface area contributed by atoms with Gasteiger partial charge in [0.2, 0.25) is 5.91 Å². The number of furan rings is 1. The minimum Gasteiger partial charge on any atom is -0.463 e. The highest BCUT2D eigenvalue weighted by Crippen LogP contribution is 2.22. The van der Waals surface area contributed by atoms with Gasteiger partial charge in [-0.25, -0.2) is 0 Å². The van der Waals surface area contributed by atoms with Gasteiger partial charge in [0.15, 0.2) is 0 Å². The van der Waals surface area contributed by atoms with E-state index in [2.05, 4.69) is 10.1 Å². The number of benzene rings is 1. The molecule has 5 nitrogen and oxygen atoms in total. The van der Waals surface area contributed by atoms with Crippen molar-refractivity contribution in [2.24, 2.45) is 0 Å². The first-order valence-corrected chi connectivity index (χ1v) is 7.36. The Labute approximate surface area is 138 Å². The van der Waals surface area contributed by atoms with E-state index in [4.69, 9.17) is 4.42 Å². The first-order chi connectivity index (χ1) is 11.3. The van der Waals surface area contributed by atoms with Crippen LogP contribution in [0.5, 0.6) is 5.75 Å². The lowest BCUT2D eigenvalue weighted by atomic mass is 10.0. The molecule has 0 radical (unpaired) electrons. The standard InChI is InChI=1S/C17H19F2NO4/c1-11-6-7-14(23-11)17(2,22)10-20-15(21)9-12-4-3-5-13(8-12)24-16(18)19/h3-8,16,22H,9-10H2,1-2H3,(H,20,21). The summed E-state index contributed by atoms with van der Waals surface area (Å²) in [4.78, 5) is 12.0. The fourth-order valence-electron chi connectivity index (χ4n) is 2.16. The average Bonchev–Trinajstić information content (AvgIpc) is 2.92. The van der Waals surface area contributed by atoms with Gasteiger partial charge in [-0.1, -0.05) is 12.1 Å². The van der Waals surface area contributed by atoms with Crippen molar-refractivity contribution in [2.45, 2.75) is 32.5 Å². The van der Waals surface area contributed by atoms with E-state index in [0.717, 1.165) is 0 Å². The molecule has 2 rings (SSSR count). The first kappa shape index (κ1) is 17.9. The van der Waals surface area contributed by atoms with E-state index in [-0.39, 0.29) is 24.6 Å². The number of hydrogen-bond donors (Lipinski definition) is 2. The summed E-state index contributed by atoms with van der Waals surface area (Å²) in [5, 5.41) is 12.9. The van der Waals surface area contributed by atoms with Gasteiger partial charge in [0.25, 0.3) is 0 Å². The van der Waals surface area contributed by atoms with E-state index in [0.29, 0.717) is 17.1 Å². The van der Waals surface area contributed by atoms with Crippen LogP contribution >= 0.6 is 0 Å². The first-order valence-electron chi connectivity index (χ1n) is 7.36. The van der Waals surface area contributed by atoms with E-state index in [1.165, 1.54) is 25.1 Å². The molecule has 130 valence electrons. The lowest BCUT2D eigenvalue weighted by Gasteiger charge is -2.21. The molecule has 0 aliphatic rings. The van der Waals surface area contributed by atoms with Crippen molar-refractivity contribution in [3.05, 3.63) is 53.5 Å². The highest BCUT2D eigenvalue weighted by atomic mass is 19.3. The molecule has 1 unspecified atom stereocenters. The van der Waals surface area contributed by atoms with Gasteiger partial charge in [-0.3, -0.25) is 4.79 Å². The molecule has 0 bridgehead atoms. The minimum atomic E-state index is -2.92. The fourth-order valence-corrected chi connectivity index (χ4v) is 2.16. The molecule has 1 aromatic heterocycles. The van der Waals surface area contributed by atoms with Crippen LogP contribution < -0.4 is 10.1 Å². The number of carbonyl (C=O) groups is 1. The lowest BCUT2D eigenvalue weighted by Crippen LogP contribution is -2.39. The molecule has 7 heteroatoms. The van der Waals surface area contributed by atoms with Crippen molar-refractivity contribution < 1.29 is 27.8 Å². The average molecular weight is 339 g/mol. The second-order valence-electron chi connectivity index (χ2n) is 5.66. The molecule has 2 N–H and O–H groups in total. The van der Waals surface area contributed by atoms with Crippen molar-refractivity contribution in [2.75, 3.05) is 6.54 Å². The van der Waals surface area contributed by atoms with Gasteiger partial charge >= 0.3 is 6.61 Å². The number of carbonyl (C=O) groups excluding carboxylic acids is 1. The third-order valence-corrected chi connectivity index (χ3v) is 3.39. The predicted molar refractivity (Wildman–Crippen MR) is 82.8 cm³/mol. The molecule has 0 fully saturated rings. The molecule has 24 heavy (non-hydrogen) atoms. The van der Waals surface area contributed by atoms with Crippen LogP contribution in [-0.2, 0) is 16.8 Å². The zero-order valence-electron chi connectivity index (χ0n) is 13.4. The molecular formula is C17H19F2NO4. The van der Waals surface area contributed by atoms with E-state index >= 15 is 0 Å². The van der Waals surface area contributed by atoms with E-state index < -0.39 is 12.2 Å². The zero-order valence-corrected chi connectivity index (χ0v) is 13.4. The molecule has 1 aromatic carbocycles. The number of hydrogen-bond acceptors (Lipinski definition) is 4. The van der Waals surface area contributed by atoms with Crippen LogP contribution in [-0.4, -0.2) is 24.2 Å². The molecule has 0 saturated heterocycles. The predicted octanol–water partition coefficient (Wildman–Crippen LogP) is 2.76. The number of aryl methyl sites for hydroxylation is 1. The maximum absolute atomic E-state index is 12.2. The Morgan fingerprint density at radius 2 is 2.12 bits per heavy atom. The maximum atomic E-state index is 12.2. The Hall–Kier alpha value is -2.41. The summed E-state index contributed by atoms with van der Waals surface area (Å²) < 4.78 is 34.0. The highest BCUT2D eigenvalue weighted by molar-refractivity contribution is 5.78. The van der Waals surface area contributed by atoms with Gasteiger partial charge in [-0.15, -0.1) is 0 Å². The van der Waals surface area contributed by atoms with Crippen molar-refractivity contribution in [3.8, 4) is 5.75 Å². The summed E-state index contributed by atoms with van der Waals surface area (Å²) in [5.74, 6) is 0.654. The quantitative estimate of drug-likeness (QED) is 0.814. The van der Waals surface area contributed by atoms with Gasteiger partial charge in [0, 0.05) is 0 Å². The number of halogens is 2. The van der Waals surface area contributed by atoms with Crippen LogP contribution in [0, 0.1) is 6.92 Å². The second-order valence-corrected chi connectivity index (χ2v) is 5.66. The summed E-state index contributed by atoms with van der Waals surface area (Å²) >= 11 is 0. The van der Waals surface area contributed by atoms with Crippen molar-refractivity contribution in [1.82, 2.24) is 5.32 Å². The molecule has 0 saturated carbocycles. The van der Waals surface area contributed by atoms with Gasteiger partial charge in [-0.2, -0.15) is 8.78 Å². The van der Waals surface area contributed by atoms with Crippen LogP contribution in [0.4, 0.5) is 8.78 Å². The molecule has 1 heterocycles. The number of alkyl halides is 2. The Morgan fingerprint density at radius 1 is 1.38 bits per heavy atom. The van der Waals surface area contributed by atoms with Crippen molar-refractivity contribution in [1.29, 1.82) is 0 Å². The summed E-state index contributed by atoms with van der Waals surface area (Å²) in [6, 6.07) is 9.29. The number of aliphatic hydroxyl groups is 1. The van der Waals surface area contributed by atoms with Crippen LogP contribution in [0.1, 0.15) is 24.0 Å². The van der Waals surface area contributed by atoms with Crippen LogP contribution in [0.3, 0.4) is 0 Å². The van der Waals surface area contributed by atoms with Crippen LogP contribution in [0.2, 0.25) is 0 Å². The fraction of sp³-hybridized carbons (Fsp3) is 0.353. The highest BCUT2D eigenvalue weighted by Gasteiger charge is 2.27. The molecule has 0 spiro atoms. The molecule has 0 aliphatic carbocycles. The van der Waals surface area contributed by atoms with Crippen LogP contribution in [0.25, 0.3) is 0 Å². The smallest absolute Gasteiger partial charge is 0.387 e. The lowest BCUT2D eigenvalue weighted by molar-refractivity contribution is -0.121. The summed E-state index contributed by atoms with van der Waals surface area (Å²) in [5.41, 5.74) is -0.816.